The third-order valence-electron chi connectivity index (χ3n) is 2.64. The molecule has 0 aromatic carbocycles. The summed E-state index contributed by atoms with van der Waals surface area (Å²) in [4.78, 5) is 23.3. The summed E-state index contributed by atoms with van der Waals surface area (Å²) in [6.45, 7) is 7.75. The summed E-state index contributed by atoms with van der Waals surface area (Å²) in [7, 11) is 0. The molecule has 2 aromatic rings. The highest BCUT2D eigenvalue weighted by Crippen LogP contribution is 2.22. The van der Waals surface area contributed by atoms with Crippen molar-refractivity contribution in [3.63, 3.8) is 0 Å². The summed E-state index contributed by atoms with van der Waals surface area (Å²) < 4.78 is 0. The summed E-state index contributed by atoms with van der Waals surface area (Å²) in [6, 6.07) is 0. The van der Waals surface area contributed by atoms with Crippen molar-refractivity contribution in [2.45, 2.75) is 33.1 Å². The third kappa shape index (κ3) is 2.05. The molecule has 0 aliphatic carbocycles. The van der Waals surface area contributed by atoms with E-state index in [0.717, 1.165) is 0 Å². The van der Waals surface area contributed by atoms with Crippen LogP contribution in [0.15, 0.2) is 11.0 Å². The van der Waals surface area contributed by atoms with Gasteiger partial charge in [0.05, 0.1) is 10.4 Å². The average molecular weight is 252 g/mol. The lowest BCUT2D eigenvalue weighted by atomic mass is 9.95. The van der Waals surface area contributed by atoms with Gasteiger partial charge in [0.2, 0.25) is 0 Å². The molecule has 0 fully saturated rings. The van der Waals surface area contributed by atoms with Crippen LogP contribution in [-0.2, 0) is 5.41 Å². The van der Waals surface area contributed by atoms with Gasteiger partial charge in [-0.1, -0.05) is 32.4 Å². The van der Waals surface area contributed by atoms with Crippen molar-refractivity contribution >= 4 is 22.6 Å². The Morgan fingerprint density at radius 3 is 2.59 bits per heavy atom. The van der Waals surface area contributed by atoms with E-state index in [4.69, 9.17) is 11.6 Å². The van der Waals surface area contributed by atoms with Crippen molar-refractivity contribution < 1.29 is 0 Å². The minimum Gasteiger partial charge on any atom is -0.309 e. The molecule has 0 bridgehead atoms. The molecule has 17 heavy (non-hydrogen) atoms. The number of halogens is 1. The van der Waals surface area contributed by atoms with Crippen molar-refractivity contribution in [2.24, 2.45) is 0 Å². The molecular formula is C12H14ClN3O. The van der Waals surface area contributed by atoms with Crippen molar-refractivity contribution in [2.75, 3.05) is 0 Å². The molecule has 0 atom stereocenters. The van der Waals surface area contributed by atoms with Crippen LogP contribution in [0.2, 0.25) is 5.02 Å². The van der Waals surface area contributed by atoms with Crippen LogP contribution in [0.25, 0.3) is 11.0 Å². The van der Waals surface area contributed by atoms with Crippen LogP contribution in [0.3, 0.4) is 0 Å². The number of pyridine rings is 1. The predicted molar refractivity (Wildman–Crippen MR) is 68.6 cm³/mol. The third-order valence-corrected chi connectivity index (χ3v) is 3.03. The molecule has 5 heteroatoms. The van der Waals surface area contributed by atoms with Crippen LogP contribution >= 0.6 is 11.6 Å². The number of aromatic amines is 1. The molecule has 4 nitrogen and oxygen atoms in total. The Bertz CT molecular complexity index is 640. The quantitative estimate of drug-likeness (QED) is 0.783. The molecule has 0 spiro atoms. The summed E-state index contributed by atoms with van der Waals surface area (Å²) in [5, 5.41) is 0.943. The number of aryl methyl sites for hydroxylation is 1. The highest BCUT2D eigenvalue weighted by Gasteiger charge is 2.19. The monoisotopic (exact) mass is 251 g/mol. The maximum atomic E-state index is 12.0. The molecule has 1 N–H and O–H groups in total. The fraction of sp³-hybridized carbons (Fsp3) is 0.417. The van der Waals surface area contributed by atoms with Crippen molar-refractivity contribution in [3.8, 4) is 0 Å². The first-order valence-corrected chi connectivity index (χ1v) is 5.74. The molecule has 90 valence electrons. The standard InChI is InChI=1S/C12H14ClN3O/c1-6-7(13)5-14-9-8(6)10(17)16-11(15-9)12(2,3)4/h5H,1-4H3,(H,14,15,16,17). The lowest BCUT2D eigenvalue weighted by molar-refractivity contribution is 0.545. The molecule has 2 rings (SSSR count). The van der Waals surface area contributed by atoms with E-state index in [2.05, 4.69) is 15.0 Å². The van der Waals surface area contributed by atoms with E-state index < -0.39 is 0 Å². The molecule has 2 aromatic heterocycles. The zero-order valence-corrected chi connectivity index (χ0v) is 11.0. The number of hydrogen-bond donors (Lipinski definition) is 1. The second-order valence-electron chi connectivity index (χ2n) is 5.09. The van der Waals surface area contributed by atoms with Crippen LogP contribution in [-0.4, -0.2) is 15.0 Å². The lowest BCUT2D eigenvalue weighted by Crippen LogP contribution is -2.22. The first kappa shape index (κ1) is 12.0. The minimum atomic E-state index is -0.220. The maximum Gasteiger partial charge on any atom is 0.260 e. The largest absolute Gasteiger partial charge is 0.309 e. The summed E-state index contributed by atoms with van der Waals surface area (Å²) in [5.74, 6) is 0.629. The Morgan fingerprint density at radius 1 is 1.35 bits per heavy atom. The molecule has 0 saturated heterocycles. The van der Waals surface area contributed by atoms with Crippen LogP contribution in [0.5, 0.6) is 0 Å². The molecule has 0 aliphatic heterocycles. The van der Waals surface area contributed by atoms with Gasteiger partial charge < -0.3 is 4.98 Å². The van der Waals surface area contributed by atoms with Gasteiger partial charge in [0.15, 0.2) is 5.65 Å². The van der Waals surface area contributed by atoms with Crippen LogP contribution in [0.4, 0.5) is 0 Å². The second-order valence-corrected chi connectivity index (χ2v) is 5.50. The number of H-pyrrole nitrogens is 1. The Hall–Kier alpha value is -1.42. The van der Waals surface area contributed by atoms with E-state index in [9.17, 15) is 4.79 Å². The number of nitrogens with zero attached hydrogens (tertiary/aromatic N) is 2. The van der Waals surface area contributed by atoms with E-state index in [1.807, 2.05) is 20.8 Å². The number of rotatable bonds is 0. The van der Waals surface area contributed by atoms with Gasteiger partial charge in [-0.05, 0) is 12.5 Å². The number of aromatic nitrogens is 3. The number of fused-ring (bicyclic) bond motifs is 1. The highest BCUT2D eigenvalue weighted by molar-refractivity contribution is 6.32. The number of hydrogen-bond acceptors (Lipinski definition) is 3. The topological polar surface area (TPSA) is 58.6 Å². The minimum absolute atomic E-state index is 0.188. The second kappa shape index (κ2) is 3.81. The van der Waals surface area contributed by atoms with Gasteiger partial charge in [-0.2, -0.15) is 0 Å². The van der Waals surface area contributed by atoms with Gasteiger partial charge in [-0.3, -0.25) is 4.79 Å². The SMILES string of the molecule is Cc1c(Cl)cnc2nc(C(C)(C)C)[nH]c(=O)c12. The van der Waals surface area contributed by atoms with E-state index in [0.29, 0.717) is 27.4 Å². The maximum absolute atomic E-state index is 12.0. The lowest BCUT2D eigenvalue weighted by Gasteiger charge is -2.17. The van der Waals surface area contributed by atoms with Crippen LogP contribution in [0.1, 0.15) is 32.2 Å². The van der Waals surface area contributed by atoms with Gasteiger partial charge >= 0.3 is 0 Å². The van der Waals surface area contributed by atoms with Gasteiger partial charge in [0, 0.05) is 11.6 Å². The van der Waals surface area contributed by atoms with Gasteiger partial charge in [-0.25, -0.2) is 9.97 Å². The van der Waals surface area contributed by atoms with Gasteiger partial charge in [-0.15, -0.1) is 0 Å². The molecular weight excluding hydrogens is 238 g/mol. The molecule has 0 radical (unpaired) electrons. The Kier molecular flexibility index (Phi) is 2.70. The fourth-order valence-electron chi connectivity index (χ4n) is 1.58. The van der Waals surface area contributed by atoms with Crippen molar-refractivity contribution in [3.05, 3.63) is 33.0 Å². The molecule has 0 amide bonds. The molecule has 2 heterocycles. The van der Waals surface area contributed by atoms with Crippen molar-refractivity contribution in [1.29, 1.82) is 0 Å². The Labute approximate surface area is 104 Å². The normalized spacial score (nSPS) is 12.1. The van der Waals surface area contributed by atoms with E-state index in [1.54, 1.807) is 6.92 Å². The van der Waals surface area contributed by atoms with Crippen LogP contribution < -0.4 is 5.56 Å². The molecule has 0 aliphatic rings. The highest BCUT2D eigenvalue weighted by atomic mass is 35.5. The van der Waals surface area contributed by atoms with Crippen molar-refractivity contribution in [1.82, 2.24) is 15.0 Å². The summed E-state index contributed by atoms with van der Waals surface area (Å²) in [5.41, 5.74) is 0.752. The summed E-state index contributed by atoms with van der Waals surface area (Å²) in [6.07, 6.45) is 1.53. The van der Waals surface area contributed by atoms with E-state index in [1.165, 1.54) is 6.20 Å². The first-order valence-electron chi connectivity index (χ1n) is 5.36. The fourth-order valence-corrected chi connectivity index (χ4v) is 1.73. The Balaban J connectivity index is 2.87. The van der Waals surface area contributed by atoms with Gasteiger partial charge in [0.1, 0.15) is 5.82 Å². The first-order chi connectivity index (χ1) is 7.80. The zero-order chi connectivity index (χ0) is 12.8. The van der Waals surface area contributed by atoms with E-state index >= 15 is 0 Å². The predicted octanol–water partition coefficient (Wildman–Crippen LogP) is 2.58. The van der Waals surface area contributed by atoms with Crippen LogP contribution in [0, 0.1) is 6.92 Å². The smallest absolute Gasteiger partial charge is 0.260 e. The Morgan fingerprint density at radius 2 is 2.00 bits per heavy atom. The number of nitrogens with one attached hydrogen (secondary N) is 1. The zero-order valence-electron chi connectivity index (χ0n) is 10.3. The molecule has 0 unspecified atom stereocenters. The molecule has 0 saturated carbocycles. The van der Waals surface area contributed by atoms with Gasteiger partial charge in [0.25, 0.3) is 5.56 Å². The van der Waals surface area contributed by atoms with E-state index in [-0.39, 0.29) is 11.0 Å². The summed E-state index contributed by atoms with van der Waals surface area (Å²) >= 11 is 5.95. The average Bonchev–Trinajstić information content (AvgIpc) is 2.21.